The first-order valence-corrected chi connectivity index (χ1v) is 6.78. The van der Waals surface area contributed by atoms with E-state index in [-0.39, 0.29) is 0 Å². The van der Waals surface area contributed by atoms with E-state index >= 15 is 0 Å². The van der Waals surface area contributed by atoms with Gasteiger partial charge in [0.05, 0.1) is 0 Å². The minimum absolute atomic E-state index is 0.305. The fourth-order valence-electron chi connectivity index (χ4n) is 2.16. The summed E-state index contributed by atoms with van der Waals surface area (Å²) in [6.45, 7) is 4.47. The molecule has 1 unspecified atom stereocenters. The molecule has 2 nitrogen and oxygen atoms in total. The maximum absolute atomic E-state index is 6.16. The highest BCUT2D eigenvalue weighted by atomic mass is 35.5. The maximum Gasteiger partial charge on any atom is 0.0438 e. The number of benzene rings is 1. The van der Waals surface area contributed by atoms with Gasteiger partial charge in [-0.05, 0) is 30.4 Å². The topological polar surface area (TPSA) is 38.0 Å². The highest BCUT2D eigenvalue weighted by Gasteiger charge is 2.14. The molecule has 3 heteroatoms. The zero-order valence-corrected chi connectivity index (χ0v) is 11.5. The molecule has 0 bridgehead atoms. The molecule has 1 aromatic carbocycles. The highest BCUT2D eigenvalue weighted by Crippen LogP contribution is 2.21. The molecule has 0 saturated carbocycles. The smallest absolute Gasteiger partial charge is 0.0438 e. The molecule has 1 rings (SSSR count). The van der Waals surface area contributed by atoms with Crippen LogP contribution in [0, 0.1) is 5.92 Å². The van der Waals surface area contributed by atoms with Gasteiger partial charge in [-0.15, -0.1) is 0 Å². The van der Waals surface area contributed by atoms with Gasteiger partial charge in [0.1, 0.15) is 0 Å². The van der Waals surface area contributed by atoms with E-state index in [1.807, 2.05) is 18.2 Å². The van der Waals surface area contributed by atoms with E-state index in [9.17, 15) is 0 Å². The van der Waals surface area contributed by atoms with Gasteiger partial charge in [-0.2, -0.15) is 0 Å². The van der Waals surface area contributed by atoms with Gasteiger partial charge < -0.3 is 0 Å². The molecule has 0 fully saturated rings. The van der Waals surface area contributed by atoms with Gasteiger partial charge in [0.25, 0.3) is 0 Å². The third kappa shape index (κ3) is 4.66. The summed E-state index contributed by atoms with van der Waals surface area (Å²) in [6.07, 6.45) is 4.41. The minimum atomic E-state index is 0.305. The molecule has 0 saturated heterocycles. The number of hydrogen-bond acceptors (Lipinski definition) is 2. The van der Waals surface area contributed by atoms with Crippen molar-refractivity contribution in [3.8, 4) is 0 Å². The molecule has 1 aromatic rings. The van der Waals surface area contributed by atoms with Crippen LogP contribution in [0.2, 0.25) is 5.02 Å². The molecule has 0 spiro atoms. The summed E-state index contributed by atoms with van der Waals surface area (Å²) in [4.78, 5) is 0. The zero-order chi connectivity index (χ0) is 12.7. The lowest BCUT2D eigenvalue weighted by Crippen LogP contribution is -2.38. The van der Waals surface area contributed by atoms with Gasteiger partial charge in [0, 0.05) is 11.1 Å². The second-order valence-electron chi connectivity index (χ2n) is 4.58. The van der Waals surface area contributed by atoms with Gasteiger partial charge in [-0.25, -0.2) is 0 Å². The van der Waals surface area contributed by atoms with E-state index in [1.54, 1.807) is 0 Å². The van der Waals surface area contributed by atoms with Crippen LogP contribution < -0.4 is 11.3 Å². The molecular weight excluding hydrogens is 232 g/mol. The molecule has 0 aliphatic heterocycles. The summed E-state index contributed by atoms with van der Waals surface area (Å²) < 4.78 is 0. The first-order chi connectivity index (χ1) is 8.21. The van der Waals surface area contributed by atoms with Crippen LogP contribution in [0.25, 0.3) is 0 Å². The van der Waals surface area contributed by atoms with Gasteiger partial charge >= 0.3 is 0 Å². The van der Waals surface area contributed by atoms with Crippen molar-refractivity contribution in [2.75, 3.05) is 0 Å². The van der Waals surface area contributed by atoms with Crippen molar-refractivity contribution in [1.82, 2.24) is 5.43 Å². The molecule has 0 amide bonds. The third-order valence-corrected chi connectivity index (χ3v) is 3.80. The summed E-state index contributed by atoms with van der Waals surface area (Å²) in [5.74, 6) is 6.37. The molecule has 0 heterocycles. The Kier molecular flexibility index (Phi) is 6.56. The van der Waals surface area contributed by atoms with Crippen molar-refractivity contribution in [1.29, 1.82) is 0 Å². The van der Waals surface area contributed by atoms with Crippen LogP contribution in [-0.2, 0) is 6.42 Å². The number of hydrazine groups is 1. The lowest BCUT2D eigenvalue weighted by atomic mass is 9.92. The van der Waals surface area contributed by atoms with E-state index in [2.05, 4.69) is 25.3 Å². The Balaban J connectivity index is 2.61. The lowest BCUT2D eigenvalue weighted by molar-refractivity contribution is 0.367. The van der Waals surface area contributed by atoms with Gasteiger partial charge in [-0.3, -0.25) is 11.3 Å². The standard InChI is InChI=1S/C14H23ClN2/c1-3-11(4-2)9-13(17-16)10-12-7-5-6-8-14(12)15/h5-8,11,13,17H,3-4,9-10,16H2,1-2H3. The predicted octanol–water partition coefficient (Wildman–Crippen LogP) is 3.54. The van der Waals surface area contributed by atoms with E-state index in [1.165, 1.54) is 18.4 Å². The van der Waals surface area contributed by atoms with Crippen LogP contribution in [0.5, 0.6) is 0 Å². The largest absolute Gasteiger partial charge is 0.271 e. The van der Waals surface area contributed by atoms with E-state index in [0.29, 0.717) is 6.04 Å². The van der Waals surface area contributed by atoms with Crippen LogP contribution in [0.1, 0.15) is 38.7 Å². The summed E-state index contributed by atoms with van der Waals surface area (Å²) in [5.41, 5.74) is 4.09. The van der Waals surface area contributed by atoms with Crippen molar-refractivity contribution in [2.45, 2.75) is 45.6 Å². The number of nitrogens with two attached hydrogens (primary N) is 1. The second kappa shape index (κ2) is 7.70. The average molecular weight is 255 g/mol. The molecule has 0 aliphatic carbocycles. The maximum atomic E-state index is 6.16. The molecule has 0 aliphatic rings. The Morgan fingerprint density at radius 3 is 2.41 bits per heavy atom. The number of hydrogen-bond donors (Lipinski definition) is 2. The Bertz CT molecular complexity index is 324. The minimum Gasteiger partial charge on any atom is -0.271 e. The fraction of sp³-hybridized carbons (Fsp3) is 0.571. The molecule has 96 valence electrons. The first-order valence-electron chi connectivity index (χ1n) is 6.40. The van der Waals surface area contributed by atoms with Crippen molar-refractivity contribution >= 4 is 11.6 Å². The summed E-state index contributed by atoms with van der Waals surface area (Å²) in [7, 11) is 0. The van der Waals surface area contributed by atoms with Crippen molar-refractivity contribution < 1.29 is 0 Å². The average Bonchev–Trinajstić information content (AvgIpc) is 2.36. The van der Waals surface area contributed by atoms with Crippen molar-refractivity contribution in [3.63, 3.8) is 0 Å². The Morgan fingerprint density at radius 1 is 1.24 bits per heavy atom. The van der Waals surface area contributed by atoms with Gasteiger partial charge in [-0.1, -0.05) is 56.5 Å². The first kappa shape index (κ1) is 14.5. The van der Waals surface area contributed by atoms with Crippen LogP contribution >= 0.6 is 11.6 Å². The van der Waals surface area contributed by atoms with Gasteiger partial charge in [0.15, 0.2) is 0 Å². The van der Waals surface area contributed by atoms with E-state index in [4.69, 9.17) is 17.4 Å². The van der Waals surface area contributed by atoms with Gasteiger partial charge in [0.2, 0.25) is 0 Å². The SMILES string of the molecule is CCC(CC)CC(Cc1ccccc1Cl)NN. The third-order valence-electron chi connectivity index (χ3n) is 3.43. The Hall–Kier alpha value is -0.570. The van der Waals surface area contributed by atoms with Crippen LogP contribution in [0.4, 0.5) is 0 Å². The molecular formula is C14H23ClN2. The summed E-state index contributed by atoms with van der Waals surface area (Å²) >= 11 is 6.16. The summed E-state index contributed by atoms with van der Waals surface area (Å²) in [5, 5.41) is 0.831. The van der Waals surface area contributed by atoms with Crippen molar-refractivity contribution in [2.24, 2.45) is 11.8 Å². The van der Waals surface area contributed by atoms with Crippen LogP contribution in [-0.4, -0.2) is 6.04 Å². The van der Waals surface area contributed by atoms with E-state index in [0.717, 1.165) is 23.8 Å². The molecule has 0 radical (unpaired) electrons. The predicted molar refractivity (Wildman–Crippen MR) is 75.0 cm³/mol. The molecule has 0 aromatic heterocycles. The zero-order valence-electron chi connectivity index (χ0n) is 10.7. The fourth-order valence-corrected chi connectivity index (χ4v) is 2.38. The summed E-state index contributed by atoms with van der Waals surface area (Å²) in [6, 6.07) is 8.28. The Labute approximate surface area is 110 Å². The van der Waals surface area contributed by atoms with Crippen LogP contribution in [0.15, 0.2) is 24.3 Å². The lowest BCUT2D eigenvalue weighted by Gasteiger charge is -2.21. The number of rotatable bonds is 7. The quantitative estimate of drug-likeness (QED) is 0.577. The molecule has 3 N–H and O–H groups in total. The number of halogens is 1. The van der Waals surface area contributed by atoms with Crippen molar-refractivity contribution in [3.05, 3.63) is 34.9 Å². The van der Waals surface area contributed by atoms with Crippen LogP contribution in [0.3, 0.4) is 0 Å². The monoisotopic (exact) mass is 254 g/mol. The highest BCUT2D eigenvalue weighted by molar-refractivity contribution is 6.31. The molecule has 17 heavy (non-hydrogen) atoms. The normalized spacial score (nSPS) is 13.0. The second-order valence-corrected chi connectivity index (χ2v) is 4.98. The number of nitrogens with one attached hydrogen (secondary N) is 1. The molecule has 1 atom stereocenters. The van der Waals surface area contributed by atoms with E-state index < -0.39 is 0 Å². The Morgan fingerprint density at radius 2 is 1.88 bits per heavy atom.